The summed E-state index contributed by atoms with van der Waals surface area (Å²) in [7, 11) is -7.04. The fraction of sp³-hybridized carbons (Fsp3) is 0.320. The monoisotopic (exact) mass is 900 g/mol. The van der Waals surface area contributed by atoms with Crippen LogP contribution < -0.4 is 29.5 Å². The molecule has 14 heteroatoms. The average Bonchev–Trinajstić information content (AvgIpc) is 3.33. The number of anilines is 2. The Morgan fingerprint density at radius 3 is 1.25 bits per heavy atom. The van der Waals surface area contributed by atoms with E-state index in [1.807, 2.05) is 60.9 Å². The third kappa shape index (κ3) is 12.0. The van der Waals surface area contributed by atoms with Crippen molar-refractivity contribution >= 4 is 53.6 Å². The molecule has 0 saturated heterocycles. The van der Waals surface area contributed by atoms with Crippen LogP contribution in [0.25, 0.3) is 21.5 Å². The first-order valence-electron chi connectivity index (χ1n) is 22.0. The van der Waals surface area contributed by atoms with Gasteiger partial charge in [-0.05, 0) is 85.4 Å². The quantitative estimate of drug-likeness (QED) is 0.0469. The second-order valence-electron chi connectivity index (χ2n) is 16.8. The van der Waals surface area contributed by atoms with E-state index >= 15 is 0 Å². The Balaban J connectivity index is 0.000000191. The summed E-state index contributed by atoms with van der Waals surface area (Å²) in [5.74, 6) is 1.77. The Morgan fingerprint density at radius 1 is 0.516 bits per heavy atom. The van der Waals surface area contributed by atoms with Crippen molar-refractivity contribution in [1.29, 1.82) is 0 Å². The Bertz CT molecular complexity index is 2490. The third-order valence-electron chi connectivity index (χ3n) is 12.7. The molecule has 2 saturated carbocycles. The van der Waals surface area contributed by atoms with Gasteiger partial charge in [0.15, 0.2) is 0 Å². The fourth-order valence-corrected chi connectivity index (χ4v) is 11.4. The van der Waals surface area contributed by atoms with Crippen molar-refractivity contribution in [2.24, 2.45) is 0 Å². The van der Waals surface area contributed by atoms with E-state index in [0.29, 0.717) is 0 Å². The lowest BCUT2D eigenvalue weighted by atomic mass is 9.68. The van der Waals surface area contributed by atoms with Crippen molar-refractivity contribution in [3.63, 3.8) is 0 Å². The maximum atomic E-state index is 12.2. The van der Waals surface area contributed by atoms with Crippen molar-refractivity contribution in [1.82, 2.24) is 28.9 Å². The van der Waals surface area contributed by atoms with Crippen molar-refractivity contribution < 1.29 is 16.8 Å². The van der Waals surface area contributed by atoms with Gasteiger partial charge in [0.05, 0.1) is 0 Å². The smallest absolute Gasteiger partial charge is 0.277 e. The molecule has 0 bridgehead atoms. The second kappa shape index (κ2) is 21.5. The van der Waals surface area contributed by atoms with Crippen molar-refractivity contribution in [3.8, 4) is 0 Å². The number of benzene rings is 4. The Labute approximate surface area is 378 Å². The van der Waals surface area contributed by atoms with Crippen LogP contribution in [0.1, 0.15) is 62.5 Å². The Kier molecular flexibility index (Phi) is 15.6. The lowest BCUT2D eigenvalue weighted by molar-refractivity contribution is 0.272. The van der Waals surface area contributed by atoms with Gasteiger partial charge in [0.2, 0.25) is 0 Å². The highest BCUT2D eigenvalue weighted by atomic mass is 32.2. The summed E-state index contributed by atoms with van der Waals surface area (Å²) in [6.07, 6.45) is 13.3. The number of fused-ring (bicyclic) bond motifs is 2. The predicted molar refractivity (Wildman–Crippen MR) is 262 cm³/mol. The summed E-state index contributed by atoms with van der Waals surface area (Å²) >= 11 is 0. The zero-order valence-electron chi connectivity index (χ0n) is 36.3. The molecular formula is C50H60N8O4S2. The highest BCUT2D eigenvalue weighted by molar-refractivity contribution is 7.87. The van der Waals surface area contributed by atoms with Crippen LogP contribution in [0, 0.1) is 0 Å². The number of hydrogen-bond donors (Lipinski definition) is 6. The molecule has 2 aliphatic carbocycles. The first-order chi connectivity index (χ1) is 31.0. The largest absolute Gasteiger partial charge is 0.369 e. The molecule has 0 atom stereocenters. The van der Waals surface area contributed by atoms with Crippen LogP contribution in [0.2, 0.25) is 0 Å². The van der Waals surface area contributed by atoms with Crippen LogP contribution in [0.4, 0.5) is 11.6 Å². The van der Waals surface area contributed by atoms with Crippen LogP contribution in [0.5, 0.6) is 0 Å². The summed E-state index contributed by atoms with van der Waals surface area (Å²) in [4.78, 5) is 9.18. The first-order valence-corrected chi connectivity index (χ1v) is 25.0. The SMILES string of the molecule is C=CCNS(=O)(=O)NC1CCC(CNc2nccc3ccccc23)(c2ccccc2)CC1.C=CCNS(=O)(=O)NC1CCC(CNc2nccc3ccccc23)(c2ccccc2)CC1. The minimum Gasteiger partial charge on any atom is -0.369 e. The molecule has 336 valence electrons. The van der Waals surface area contributed by atoms with E-state index in [1.54, 1.807) is 0 Å². The molecule has 6 N–H and O–H groups in total. The minimum atomic E-state index is -3.52. The number of aromatic nitrogens is 2. The van der Waals surface area contributed by atoms with Crippen LogP contribution >= 0.6 is 0 Å². The Morgan fingerprint density at radius 2 is 0.875 bits per heavy atom. The third-order valence-corrected chi connectivity index (χ3v) is 15.1. The van der Waals surface area contributed by atoms with Crippen LogP contribution in [0.3, 0.4) is 0 Å². The molecule has 2 aliphatic rings. The summed E-state index contributed by atoms with van der Waals surface area (Å²) in [6, 6.07) is 41.4. The standard InChI is InChI=1S/2C25H30N4O2S/c2*1-2-17-28-32(30,31)29-22-12-15-25(16-13-22,21-9-4-3-5-10-21)19-27-24-23-11-7-6-8-20(23)14-18-26-24/h2*2-11,14,18,22,28-29H,1,12-13,15-17,19H2,(H,26,27). The molecule has 0 amide bonds. The van der Waals surface area contributed by atoms with E-state index in [2.05, 4.69) is 125 Å². The van der Waals surface area contributed by atoms with Gasteiger partial charge in [0.25, 0.3) is 20.4 Å². The zero-order chi connectivity index (χ0) is 44.9. The molecule has 0 radical (unpaired) electrons. The topological polar surface area (TPSA) is 166 Å². The first kappa shape index (κ1) is 46.5. The van der Waals surface area contributed by atoms with E-state index < -0.39 is 20.4 Å². The number of rotatable bonds is 18. The summed E-state index contributed by atoms with van der Waals surface area (Å²) in [5.41, 5.74) is 2.38. The van der Waals surface area contributed by atoms with Crippen molar-refractivity contribution in [2.75, 3.05) is 36.8 Å². The molecule has 0 aliphatic heterocycles. The zero-order valence-corrected chi connectivity index (χ0v) is 37.9. The van der Waals surface area contributed by atoms with Crippen molar-refractivity contribution in [3.05, 3.63) is 170 Å². The normalized spacial score (nSPS) is 21.3. The van der Waals surface area contributed by atoms with Crippen LogP contribution in [-0.2, 0) is 31.2 Å². The number of pyridine rings is 2. The maximum Gasteiger partial charge on any atom is 0.277 e. The van der Waals surface area contributed by atoms with E-state index in [9.17, 15) is 16.8 Å². The lowest BCUT2D eigenvalue weighted by Gasteiger charge is -2.41. The number of hydrogen-bond acceptors (Lipinski definition) is 8. The van der Waals surface area contributed by atoms with E-state index in [4.69, 9.17) is 0 Å². The molecule has 2 heterocycles. The number of nitrogens with zero attached hydrogens (tertiary/aromatic N) is 2. The van der Waals surface area contributed by atoms with Gasteiger partial charge >= 0.3 is 0 Å². The maximum absolute atomic E-state index is 12.2. The van der Waals surface area contributed by atoms with Crippen LogP contribution in [0.15, 0.2) is 159 Å². The lowest BCUT2D eigenvalue weighted by Crippen LogP contribution is -2.48. The van der Waals surface area contributed by atoms with Gasteiger partial charge in [0, 0.05) is 72.3 Å². The molecule has 4 aromatic carbocycles. The number of nitrogens with one attached hydrogen (secondary N) is 6. The molecule has 0 unspecified atom stereocenters. The molecule has 64 heavy (non-hydrogen) atoms. The minimum absolute atomic E-state index is 0.0789. The van der Waals surface area contributed by atoms with Crippen LogP contribution in [-0.4, -0.2) is 65.1 Å². The predicted octanol–water partition coefficient (Wildman–Crippen LogP) is 8.27. The van der Waals surface area contributed by atoms with Gasteiger partial charge in [-0.25, -0.2) is 9.97 Å². The second-order valence-corrected chi connectivity index (χ2v) is 19.9. The van der Waals surface area contributed by atoms with E-state index in [0.717, 1.165) is 97.6 Å². The molecule has 8 rings (SSSR count). The molecule has 2 aromatic heterocycles. The molecular weight excluding hydrogens is 841 g/mol. The fourth-order valence-electron chi connectivity index (χ4n) is 9.18. The average molecular weight is 901 g/mol. The highest BCUT2D eigenvalue weighted by Gasteiger charge is 2.39. The van der Waals surface area contributed by atoms with Gasteiger partial charge in [-0.2, -0.15) is 35.7 Å². The molecule has 0 spiro atoms. The molecule has 6 aromatic rings. The summed E-state index contributed by atoms with van der Waals surface area (Å²) in [6.45, 7) is 9.05. The van der Waals surface area contributed by atoms with Gasteiger partial charge in [-0.3, -0.25) is 0 Å². The van der Waals surface area contributed by atoms with Gasteiger partial charge < -0.3 is 10.6 Å². The van der Waals surface area contributed by atoms with Gasteiger partial charge in [-0.15, -0.1) is 13.2 Å². The molecule has 12 nitrogen and oxygen atoms in total. The van der Waals surface area contributed by atoms with Gasteiger partial charge in [0.1, 0.15) is 11.6 Å². The molecule has 2 fully saturated rings. The highest BCUT2D eigenvalue weighted by Crippen LogP contribution is 2.42. The van der Waals surface area contributed by atoms with Crippen molar-refractivity contribution in [2.45, 2.75) is 74.3 Å². The van der Waals surface area contributed by atoms with E-state index in [1.165, 1.54) is 23.3 Å². The summed E-state index contributed by atoms with van der Waals surface area (Å²) in [5, 5.41) is 11.8. The van der Waals surface area contributed by atoms with Gasteiger partial charge in [-0.1, -0.05) is 121 Å². The summed E-state index contributed by atoms with van der Waals surface area (Å²) < 4.78 is 59.5. The Hall–Kier alpha value is -5.48. The van der Waals surface area contributed by atoms with E-state index in [-0.39, 0.29) is 36.0 Å².